The Morgan fingerprint density at radius 3 is 2.81 bits per heavy atom. The molecule has 0 spiro atoms. The average molecular weight is 326 g/mol. The van der Waals surface area contributed by atoms with Crippen molar-refractivity contribution < 1.29 is 8.42 Å². The number of anilines is 1. The summed E-state index contributed by atoms with van der Waals surface area (Å²) >= 11 is 1.15. The van der Waals surface area contributed by atoms with Crippen LogP contribution in [-0.2, 0) is 16.6 Å². The number of hydrogen-bond acceptors (Lipinski definition) is 6. The first-order chi connectivity index (χ1) is 10.0. The number of nitrogens with zero attached hydrogens (tertiary/aromatic N) is 2. The van der Waals surface area contributed by atoms with Crippen LogP contribution in [0.15, 0.2) is 28.6 Å². The van der Waals surface area contributed by atoms with Crippen molar-refractivity contribution in [3.63, 3.8) is 0 Å². The van der Waals surface area contributed by atoms with Gasteiger partial charge in [0.15, 0.2) is 0 Å². The minimum Gasteiger partial charge on any atom is -0.313 e. The summed E-state index contributed by atoms with van der Waals surface area (Å²) in [5.41, 5.74) is 3.12. The molecular weight excluding hydrogens is 308 g/mol. The van der Waals surface area contributed by atoms with Crippen LogP contribution >= 0.6 is 11.3 Å². The molecule has 0 bridgehead atoms. The summed E-state index contributed by atoms with van der Waals surface area (Å²) in [7, 11) is -3.64. The quantitative estimate of drug-likeness (QED) is 0.762. The summed E-state index contributed by atoms with van der Waals surface area (Å²) in [4.78, 5) is 0.272. The predicted molar refractivity (Wildman–Crippen MR) is 83.9 cm³/mol. The third kappa shape index (κ3) is 4.23. The van der Waals surface area contributed by atoms with Gasteiger partial charge in [0.2, 0.25) is 5.13 Å². The van der Waals surface area contributed by atoms with Crippen LogP contribution in [0.4, 0.5) is 5.13 Å². The van der Waals surface area contributed by atoms with E-state index >= 15 is 0 Å². The minimum absolute atomic E-state index is 0.268. The van der Waals surface area contributed by atoms with Gasteiger partial charge in [-0.1, -0.05) is 30.4 Å². The van der Waals surface area contributed by atoms with Gasteiger partial charge in [0.05, 0.1) is 4.90 Å². The van der Waals surface area contributed by atoms with Crippen LogP contribution in [-0.4, -0.2) is 25.2 Å². The molecular formula is C13H18N4O2S2. The number of aromatic nitrogens is 2. The van der Waals surface area contributed by atoms with E-state index in [9.17, 15) is 8.42 Å². The van der Waals surface area contributed by atoms with Gasteiger partial charge in [-0.05, 0) is 37.1 Å². The van der Waals surface area contributed by atoms with Crippen LogP contribution < -0.4 is 10.0 Å². The summed E-state index contributed by atoms with van der Waals surface area (Å²) in [5.74, 6) is 0. The molecule has 0 radical (unpaired) electrons. The third-order valence-electron chi connectivity index (χ3n) is 2.88. The fourth-order valence-corrected chi connectivity index (χ4v) is 3.83. The van der Waals surface area contributed by atoms with Crippen molar-refractivity contribution in [3.8, 4) is 0 Å². The molecule has 21 heavy (non-hydrogen) atoms. The lowest BCUT2D eigenvalue weighted by atomic mass is 10.1. The van der Waals surface area contributed by atoms with E-state index in [1.807, 2.05) is 12.1 Å². The molecule has 8 heteroatoms. The van der Waals surface area contributed by atoms with Gasteiger partial charge < -0.3 is 5.32 Å². The third-order valence-corrected chi connectivity index (χ3v) is 5.10. The number of nitrogens with one attached hydrogen (secondary N) is 2. The maximum absolute atomic E-state index is 12.4. The number of aryl methyl sites for hydroxylation is 1. The molecule has 0 saturated carbocycles. The Bertz CT molecular complexity index is 684. The van der Waals surface area contributed by atoms with E-state index < -0.39 is 10.0 Å². The molecule has 0 atom stereocenters. The topological polar surface area (TPSA) is 84.0 Å². The molecule has 114 valence electrons. The Morgan fingerprint density at radius 2 is 2.14 bits per heavy atom. The molecule has 1 aromatic heterocycles. The van der Waals surface area contributed by atoms with Gasteiger partial charge in [0.25, 0.3) is 10.0 Å². The highest BCUT2D eigenvalue weighted by atomic mass is 32.2. The Kier molecular flexibility index (Phi) is 5.27. The molecule has 0 saturated heterocycles. The van der Waals surface area contributed by atoms with E-state index in [1.165, 1.54) is 5.51 Å². The predicted octanol–water partition coefficient (Wildman–Crippen LogP) is 2.15. The molecule has 0 unspecified atom stereocenters. The van der Waals surface area contributed by atoms with Crippen molar-refractivity contribution in [2.24, 2.45) is 0 Å². The van der Waals surface area contributed by atoms with Crippen LogP contribution in [0.25, 0.3) is 0 Å². The van der Waals surface area contributed by atoms with Gasteiger partial charge in [0.1, 0.15) is 5.51 Å². The van der Waals surface area contributed by atoms with Gasteiger partial charge >= 0.3 is 0 Å². The highest BCUT2D eigenvalue weighted by Crippen LogP contribution is 2.21. The highest BCUT2D eigenvalue weighted by molar-refractivity contribution is 7.93. The van der Waals surface area contributed by atoms with E-state index in [0.717, 1.165) is 29.9 Å². The second-order valence-electron chi connectivity index (χ2n) is 4.63. The van der Waals surface area contributed by atoms with Gasteiger partial charge in [0, 0.05) is 6.54 Å². The van der Waals surface area contributed by atoms with Crippen molar-refractivity contribution in [3.05, 3.63) is 34.8 Å². The SMILES string of the molecule is CCCNCc1ccc(C)c(S(=O)(=O)Nc2nncs2)c1. The second kappa shape index (κ2) is 6.97. The number of hydrogen-bond donors (Lipinski definition) is 2. The Balaban J connectivity index is 2.22. The van der Waals surface area contributed by atoms with E-state index in [2.05, 4.69) is 27.2 Å². The molecule has 0 aliphatic heterocycles. The first-order valence-corrected chi connectivity index (χ1v) is 8.98. The van der Waals surface area contributed by atoms with Crippen molar-refractivity contribution >= 4 is 26.5 Å². The van der Waals surface area contributed by atoms with E-state index in [4.69, 9.17) is 0 Å². The zero-order valence-electron chi connectivity index (χ0n) is 12.0. The number of rotatable bonds is 7. The molecule has 1 aromatic carbocycles. The first-order valence-electron chi connectivity index (χ1n) is 6.62. The standard InChI is InChI=1S/C13H18N4O2S2/c1-3-6-14-8-11-5-4-10(2)12(7-11)21(18,19)17-13-16-15-9-20-13/h4-5,7,9,14H,3,6,8H2,1-2H3,(H,16,17). The Labute approximate surface area is 128 Å². The first kappa shape index (κ1) is 15.9. The molecule has 2 aromatic rings. The highest BCUT2D eigenvalue weighted by Gasteiger charge is 2.18. The van der Waals surface area contributed by atoms with E-state index in [1.54, 1.807) is 13.0 Å². The van der Waals surface area contributed by atoms with Crippen molar-refractivity contribution in [2.75, 3.05) is 11.3 Å². The lowest BCUT2D eigenvalue weighted by Gasteiger charge is -2.10. The zero-order valence-corrected chi connectivity index (χ0v) is 13.6. The van der Waals surface area contributed by atoms with Crippen molar-refractivity contribution in [1.29, 1.82) is 0 Å². The average Bonchev–Trinajstić information content (AvgIpc) is 2.93. The summed E-state index contributed by atoms with van der Waals surface area (Å²) < 4.78 is 27.3. The summed E-state index contributed by atoms with van der Waals surface area (Å²) in [6, 6.07) is 5.45. The molecule has 6 nitrogen and oxygen atoms in total. The largest absolute Gasteiger partial charge is 0.313 e. The normalized spacial score (nSPS) is 11.5. The number of sulfonamides is 1. The summed E-state index contributed by atoms with van der Waals surface area (Å²) in [6.07, 6.45) is 1.04. The van der Waals surface area contributed by atoms with E-state index in [-0.39, 0.29) is 10.0 Å². The van der Waals surface area contributed by atoms with Gasteiger partial charge in [-0.2, -0.15) is 0 Å². The lowest BCUT2D eigenvalue weighted by Crippen LogP contribution is -2.17. The minimum atomic E-state index is -3.64. The Morgan fingerprint density at radius 1 is 1.33 bits per heavy atom. The van der Waals surface area contributed by atoms with Crippen LogP contribution in [0, 0.1) is 6.92 Å². The van der Waals surface area contributed by atoms with Crippen LogP contribution in [0.3, 0.4) is 0 Å². The van der Waals surface area contributed by atoms with Crippen LogP contribution in [0.5, 0.6) is 0 Å². The summed E-state index contributed by atoms with van der Waals surface area (Å²) in [6.45, 7) is 5.41. The second-order valence-corrected chi connectivity index (χ2v) is 7.11. The van der Waals surface area contributed by atoms with E-state index in [0.29, 0.717) is 12.1 Å². The Hall–Kier alpha value is -1.51. The van der Waals surface area contributed by atoms with Crippen molar-refractivity contribution in [2.45, 2.75) is 31.7 Å². The fraction of sp³-hybridized carbons (Fsp3) is 0.385. The van der Waals surface area contributed by atoms with Gasteiger partial charge in [-0.15, -0.1) is 10.2 Å². The molecule has 2 rings (SSSR count). The fourth-order valence-electron chi connectivity index (χ4n) is 1.84. The molecule has 1 heterocycles. The summed E-state index contributed by atoms with van der Waals surface area (Å²) in [5, 5.41) is 10.9. The van der Waals surface area contributed by atoms with Gasteiger partial charge in [-0.25, -0.2) is 8.42 Å². The molecule has 0 aliphatic carbocycles. The maximum Gasteiger partial charge on any atom is 0.263 e. The molecule has 0 amide bonds. The lowest BCUT2D eigenvalue weighted by molar-refractivity contribution is 0.600. The van der Waals surface area contributed by atoms with Crippen LogP contribution in [0.2, 0.25) is 0 Å². The van der Waals surface area contributed by atoms with Crippen LogP contribution in [0.1, 0.15) is 24.5 Å². The molecule has 2 N–H and O–H groups in total. The monoisotopic (exact) mass is 326 g/mol. The van der Waals surface area contributed by atoms with Crippen molar-refractivity contribution in [1.82, 2.24) is 15.5 Å². The maximum atomic E-state index is 12.4. The smallest absolute Gasteiger partial charge is 0.263 e. The van der Waals surface area contributed by atoms with Gasteiger partial charge in [-0.3, -0.25) is 4.72 Å². The molecule has 0 fully saturated rings. The number of benzene rings is 1. The molecule has 0 aliphatic rings. The zero-order chi connectivity index (χ0) is 15.3.